The Morgan fingerprint density at radius 2 is 1.86 bits per heavy atom. The number of aromatic nitrogens is 4. The Morgan fingerprint density at radius 1 is 1.07 bits per heavy atom. The molecule has 4 aromatic rings. The summed E-state index contributed by atoms with van der Waals surface area (Å²) in [5.74, 6) is 2.22. The molecule has 1 unspecified atom stereocenters. The summed E-state index contributed by atoms with van der Waals surface area (Å²) in [5, 5.41) is 8.13. The van der Waals surface area contributed by atoms with E-state index in [1.807, 2.05) is 43.3 Å². The van der Waals surface area contributed by atoms with Crippen LogP contribution < -0.4 is 10.1 Å². The van der Waals surface area contributed by atoms with E-state index in [9.17, 15) is 0 Å². The zero-order valence-electron chi connectivity index (χ0n) is 15.6. The highest BCUT2D eigenvalue weighted by Crippen LogP contribution is 2.22. The SMILES string of the molecule is CC(NCc1ccc(Oc2cnccn2)cc1)c1noc(-c2ccc(Cl)cc2)n1. The molecule has 2 aromatic heterocycles. The molecule has 1 atom stereocenters. The van der Waals surface area contributed by atoms with Crippen molar-refractivity contribution >= 4 is 11.6 Å². The van der Waals surface area contributed by atoms with Crippen molar-refractivity contribution in [2.24, 2.45) is 0 Å². The van der Waals surface area contributed by atoms with Gasteiger partial charge in [0.25, 0.3) is 5.89 Å². The van der Waals surface area contributed by atoms with Crippen LogP contribution in [0.15, 0.2) is 71.6 Å². The fraction of sp³-hybridized carbons (Fsp3) is 0.143. The Morgan fingerprint density at radius 3 is 2.59 bits per heavy atom. The van der Waals surface area contributed by atoms with Gasteiger partial charge in [-0.1, -0.05) is 28.9 Å². The van der Waals surface area contributed by atoms with Gasteiger partial charge < -0.3 is 14.6 Å². The second-order valence-electron chi connectivity index (χ2n) is 6.36. The van der Waals surface area contributed by atoms with Crippen LogP contribution in [0.5, 0.6) is 11.6 Å². The molecule has 0 aliphatic heterocycles. The maximum Gasteiger partial charge on any atom is 0.257 e. The first-order valence-electron chi connectivity index (χ1n) is 9.03. The van der Waals surface area contributed by atoms with E-state index in [0.717, 1.165) is 11.1 Å². The topological polar surface area (TPSA) is 86.0 Å². The van der Waals surface area contributed by atoms with E-state index in [-0.39, 0.29) is 6.04 Å². The Hall–Kier alpha value is -3.29. The molecule has 7 nitrogen and oxygen atoms in total. The van der Waals surface area contributed by atoms with Crippen LogP contribution in [0, 0.1) is 0 Å². The molecule has 29 heavy (non-hydrogen) atoms. The van der Waals surface area contributed by atoms with Crippen LogP contribution in [0.2, 0.25) is 5.02 Å². The predicted octanol–water partition coefficient (Wildman–Crippen LogP) is 4.82. The highest BCUT2D eigenvalue weighted by Gasteiger charge is 2.14. The standard InChI is InChI=1S/C21H18ClN5O2/c1-14(20-26-21(29-27-20)16-4-6-17(22)7-5-16)25-12-15-2-8-18(9-3-15)28-19-13-23-10-11-24-19/h2-11,13-14,25H,12H2,1H3. The molecule has 8 heteroatoms. The molecule has 4 rings (SSSR count). The quantitative estimate of drug-likeness (QED) is 0.469. The predicted molar refractivity (Wildman–Crippen MR) is 109 cm³/mol. The van der Waals surface area contributed by atoms with Crippen LogP contribution in [0.1, 0.15) is 24.4 Å². The third kappa shape index (κ3) is 4.96. The Bertz CT molecular complexity index is 1050. The van der Waals surface area contributed by atoms with Gasteiger partial charge in [-0.25, -0.2) is 4.98 Å². The van der Waals surface area contributed by atoms with Crippen molar-refractivity contribution in [2.75, 3.05) is 0 Å². The van der Waals surface area contributed by atoms with Crippen molar-refractivity contribution in [2.45, 2.75) is 19.5 Å². The van der Waals surface area contributed by atoms with E-state index in [2.05, 4.69) is 25.4 Å². The average molecular weight is 408 g/mol. The summed E-state index contributed by atoms with van der Waals surface area (Å²) in [6.07, 6.45) is 4.76. The third-order valence-corrected chi connectivity index (χ3v) is 4.47. The zero-order chi connectivity index (χ0) is 20.1. The Kier molecular flexibility index (Phi) is 5.79. The second-order valence-corrected chi connectivity index (χ2v) is 6.79. The largest absolute Gasteiger partial charge is 0.438 e. The lowest BCUT2D eigenvalue weighted by Gasteiger charge is -2.10. The molecule has 0 bridgehead atoms. The van der Waals surface area contributed by atoms with Gasteiger partial charge in [0.05, 0.1) is 12.2 Å². The van der Waals surface area contributed by atoms with Gasteiger partial charge in [-0.2, -0.15) is 4.98 Å². The zero-order valence-corrected chi connectivity index (χ0v) is 16.4. The van der Waals surface area contributed by atoms with Crippen LogP contribution in [-0.4, -0.2) is 20.1 Å². The van der Waals surface area contributed by atoms with Crippen molar-refractivity contribution in [1.82, 2.24) is 25.4 Å². The van der Waals surface area contributed by atoms with E-state index in [0.29, 0.717) is 34.9 Å². The summed E-state index contributed by atoms with van der Waals surface area (Å²) in [7, 11) is 0. The molecule has 2 aromatic carbocycles. The maximum absolute atomic E-state index is 5.91. The highest BCUT2D eigenvalue weighted by atomic mass is 35.5. The van der Waals surface area contributed by atoms with E-state index in [1.165, 1.54) is 0 Å². The molecule has 1 N–H and O–H groups in total. The number of halogens is 1. The van der Waals surface area contributed by atoms with Crippen molar-refractivity contribution in [3.63, 3.8) is 0 Å². The van der Waals surface area contributed by atoms with Gasteiger partial charge in [0, 0.05) is 29.5 Å². The molecule has 0 radical (unpaired) electrons. The summed E-state index contributed by atoms with van der Waals surface area (Å²) < 4.78 is 11.0. The van der Waals surface area contributed by atoms with E-state index < -0.39 is 0 Å². The third-order valence-electron chi connectivity index (χ3n) is 4.22. The van der Waals surface area contributed by atoms with Gasteiger partial charge in [-0.05, 0) is 48.9 Å². The van der Waals surface area contributed by atoms with Crippen molar-refractivity contribution in [1.29, 1.82) is 0 Å². The first kappa shape index (κ1) is 19.0. The van der Waals surface area contributed by atoms with Gasteiger partial charge in [0.1, 0.15) is 5.75 Å². The first-order chi connectivity index (χ1) is 14.2. The van der Waals surface area contributed by atoms with Crippen molar-refractivity contribution < 1.29 is 9.26 Å². The summed E-state index contributed by atoms with van der Waals surface area (Å²) in [5.41, 5.74) is 1.93. The molecular weight excluding hydrogens is 390 g/mol. The summed E-state index contributed by atoms with van der Waals surface area (Å²) in [6, 6.07) is 15.0. The maximum atomic E-state index is 5.91. The van der Waals surface area contributed by atoms with Crippen LogP contribution in [-0.2, 0) is 6.54 Å². The minimum absolute atomic E-state index is 0.0738. The average Bonchev–Trinajstić information content (AvgIpc) is 3.25. The smallest absolute Gasteiger partial charge is 0.257 e. The Labute approximate surface area is 172 Å². The van der Waals surface area contributed by atoms with E-state index in [4.69, 9.17) is 20.9 Å². The fourth-order valence-corrected chi connectivity index (χ4v) is 2.74. The summed E-state index contributed by atoms with van der Waals surface area (Å²) >= 11 is 5.91. The number of ether oxygens (including phenoxy) is 1. The lowest BCUT2D eigenvalue weighted by molar-refractivity contribution is 0.409. The Balaban J connectivity index is 1.33. The van der Waals surface area contributed by atoms with Gasteiger partial charge >= 0.3 is 0 Å². The molecule has 0 amide bonds. The lowest BCUT2D eigenvalue weighted by atomic mass is 10.2. The summed E-state index contributed by atoms with van der Waals surface area (Å²) in [6.45, 7) is 2.64. The number of rotatable bonds is 7. The molecule has 146 valence electrons. The molecule has 0 spiro atoms. The number of hydrogen-bond donors (Lipinski definition) is 1. The van der Waals surface area contributed by atoms with Gasteiger partial charge in [0.2, 0.25) is 5.88 Å². The minimum atomic E-state index is -0.0738. The molecule has 0 saturated carbocycles. The van der Waals surface area contributed by atoms with Gasteiger partial charge in [-0.3, -0.25) is 4.98 Å². The van der Waals surface area contributed by atoms with Crippen LogP contribution in [0.25, 0.3) is 11.5 Å². The van der Waals surface area contributed by atoms with E-state index >= 15 is 0 Å². The van der Waals surface area contributed by atoms with Crippen LogP contribution >= 0.6 is 11.6 Å². The summed E-state index contributed by atoms with van der Waals surface area (Å²) in [4.78, 5) is 12.5. The molecule has 0 aliphatic carbocycles. The van der Waals surface area contributed by atoms with Crippen molar-refractivity contribution in [3.05, 3.63) is 83.5 Å². The molecule has 2 heterocycles. The first-order valence-corrected chi connectivity index (χ1v) is 9.41. The number of nitrogens with zero attached hydrogens (tertiary/aromatic N) is 4. The monoisotopic (exact) mass is 407 g/mol. The number of hydrogen-bond acceptors (Lipinski definition) is 7. The second kappa shape index (κ2) is 8.81. The van der Waals surface area contributed by atoms with Gasteiger partial charge in [-0.15, -0.1) is 0 Å². The van der Waals surface area contributed by atoms with Crippen LogP contribution in [0.4, 0.5) is 0 Å². The van der Waals surface area contributed by atoms with Gasteiger partial charge in [0.15, 0.2) is 5.82 Å². The highest BCUT2D eigenvalue weighted by molar-refractivity contribution is 6.30. The minimum Gasteiger partial charge on any atom is -0.438 e. The normalized spacial score (nSPS) is 11.9. The molecule has 0 fully saturated rings. The number of nitrogens with one attached hydrogen (secondary N) is 1. The molecular formula is C21H18ClN5O2. The van der Waals surface area contributed by atoms with Crippen molar-refractivity contribution in [3.8, 4) is 23.1 Å². The van der Waals surface area contributed by atoms with E-state index in [1.54, 1.807) is 30.7 Å². The fourth-order valence-electron chi connectivity index (χ4n) is 2.62. The van der Waals surface area contributed by atoms with Crippen LogP contribution in [0.3, 0.4) is 0 Å². The lowest BCUT2D eigenvalue weighted by Crippen LogP contribution is -2.19. The molecule has 0 saturated heterocycles. The molecule has 0 aliphatic rings. The number of benzene rings is 2.